The molecule has 1 aliphatic carbocycles. The fourth-order valence-corrected chi connectivity index (χ4v) is 5.70. The zero-order valence-electron chi connectivity index (χ0n) is 19.2. The van der Waals surface area contributed by atoms with Crippen molar-refractivity contribution >= 4 is 34.1 Å². The molecule has 1 aromatic heterocycles. The molecule has 4 N–H and O–H groups in total. The summed E-state index contributed by atoms with van der Waals surface area (Å²) in [5.41, 5.74) is 7.13. The average molecular weight is 465 g/mol. The lowest BCUT2D eigenvalue weighted by molar-refractivity contribution is -0.126. The van der Waals surface area contributed by atoms with Crippen molar-refractivity contribution in [1.82, 2.24) is 10.2 Å². The Morgan fingerprint density at radius 2 is 1.91 bits per heavy atom. The van der Waals surface area contributed by atoms with Crippen LogP contribution in [0.1, 0.15) is 66.8 Å². The Morgan fingerprint density at radius 1 is 1.19 bits per heavy atom. The highest BCUT2D eigenvalue weighted by Crippen LogP contribution is 2.37. The standard InChI is InChI=1S/C23H36N4O4S/c1-15(2)31-13-5-10-25-22(30)16-8-11-27(12-9-16)14-19(28)26-23-20(21(24)29)17-6-3-4-7-18(17)32-23/h15-16H,3-14H2,1-2H3,(H2,24,29)(H,25,30)(H,26,28). The van der Waals surface area contributed by atoms with E-state index in [1.54, 1.807) is 0 Å². The van der Waals surface area contributed by atoms with Gasteiger partial charge in [0.1, 0.15) is 5.00 Å². The quantitative estimate of drug-likeness (QED) is 0.460. The highest BCUT2D eigenvalue weighted by molar-refractivity contribution is 7.17. The van der Waals surface area contributed by atoms with Crippen LogP contribution in [0, 0.1) is 5.92 Å². The van der Waals surface area contributed by atoms with Crippen LogP contribution in [-0.4, -0.2) is 61.5 Å². The van der Waals surface area contributed by atoms with Crippen molar-refractivity contribution in [3.8, 4) is 0 Å². The Morgan fingerprint density at radius 3 is 2.59 bits per heavy atom. The number of ether oxygens (including phenoxy) is 1. The van der Waals surface area contributed by atoms with E-state index in [4.69, 9.17) is 10.5 Å². The summed E-state index contributed by atoms with van der Waals surface area (Å²) in [5.74, 6) is -0.527. The predicted octanol–water partition coefficient (Wildman–Crippen LogP) is 2.31. The predicted molar refractivity (Wildman–Crippen MR) is 126 cm³/mol. The van der Waals surface area contributed by atoms with Gasteiger partial charge in [0.15, 0.2) is 0 Å². The summed E-state index contributed by atoms with van der Waals surface area (Å²) in [4.78, 5) is 40.2. The van der Waals surface area contributed by atoms with Gasteiger partial charge in [-0.25, -0.2) is 0 Å². The number of hydrogen-bond acceptors (Lipinski definition) is 6. The largest absolute Gasteiger partial charge is 0.379 e. The Kier molecular flexibility index (Phi) is 9.07. The van der Waals surface area contributed by atoms with Crippen LogP contribution in [0.5, 0.6) is 0 Å². The number of carbonyl (C=O) groups is 3. The van der Waals surface area contributed by atoms with Gasteiger partial charge in [-0.15, -0.1) is 11.3 Å². The molecule has 2 aliphatic rings. The van der Waals surface area contributed by atoms with Gasteiger partial charge in [-0.1, -0.05) is 0 Å². The summed E-state index contributed by atoms with van der Waals surface area (Å²) in [5, 5.41) is 6.51. The normalized spacial score (nSPS) is 17.2. The van der Waals surface area contributed by atoms with Crippen LogP contribution in [0.25, 0.3) is 0 Å². The first-order valence-corrected chi connectivity index (χ1v) is 12.5. The summed E-state index contributed by atoms with van der Waals surface area (Å²) >= 11 is 1.48. The van der Waals surface area contributed by atoms with E-state index in [2.05, 4.69) is 15.5 Å². The molecular formula is C23H36N4O4S. The number of fused-ring (bicyclic) bond motifs is 1. The van der Waals surface area contributed by atoms with Gasteiger partial charge < -0.3 is 21.1 Å². The molecule has 1 fully saturated rings. The number of likely N-dealkylation sites (tertiary alicyclic amines) is 1. The van der Waals surface area contributed by atoms with Crippen LogP contribution in [0.15, 0.2) is 0 Å². The van der Waals surface area contributed by atoms with Gasteiger partial charge in [0.2, 0.25) is 11.8 Å². The van der Waals surface area contributed by atoms with Crippen molar-refractivity contribution in [3.05, 3.63) is 16.0 Å². The Labute approximate surface area is 194 Å². The summed E-state index contributed by atoms with van der Waals surface area (Å²) in [7, 11) is 0. The van der Waals surface area contributed by atoms with Crippen molar-refractivity contribution in [2.45, 2.75) is 64.9 Å². The Bertz CT molecular complexity index is 815. The van der Waals surface area contributed by atoms with E-state index < -0.39 is 5.91 Å². The zero-order chi connectivity index (χ0) is 23.1. The Balaban J connectivity index is 1.42. The smallest absolute Gasteiger partial charge is 0.251 e. The van der Waals surface area contributed by atoms with Crippen LogP contribution in [-0.2, 0) is 27.2 Å². The van der Waals surface area contributed by atoms with Crippen LogP contribution >= 0.6 is 11.3 Å². The minimum atomic E-state index is -0.470. The molecule has 2 heterocycles. The number of nitrogens with one attached hydrogen (secondary N) is 2. The first-order valence-electron chi connectivity index (χ1n) is 11.7. The van der Waals surface area contributed by atoms with Crippen LogP contribution in [0.2, 0.25) is 0 Å². The second kappa shape index (κ2) is 11.8. The van der Waals surface area contributed by atoms with E-state index >= 15 is 0 Å². The number of carbonyl (C=O) groups excluding carboxylic acids is 3. The fourth-order valence-electron chi connectivity index (χ4n) is 4.38. The third kappa shape index (κ3) is 6.76. The number of aryl methyl sites for hydroxylation is 1. The Hall–Kier alpha value is -1.97. The topological polar surface area (TPSA) is 114 Å². The number of amides is 3. The molecule has 0 unspecified atom stereocenters. The molecule has 0 spiro atoms. The van der Waals surface area contributed by atoms with Crippen molar-refractivity contribution in [1.29, 1.82) is 0 Å². The second-order valence-corrected chi connectivity index (χ2v) is 10.0. The van der Waals surface area contributed by atoms with Gasteiger partial charge >= 0.3 is 0 Å². The summed E-state index contributed by atoms with van der Waals surface area (Å²) < 4.78 is 5.49. The van der Waals surface area contributed by atoms with Crippen molar-refractivity contribution in [2.24, 2.45) is 11.7 Å². The molecule has 0 aromatic carbocycles. The van der Waals surface area contributed by atoms with E-state index in [-0.39, 0.29) is 30.4 Å². The van der Waals surface area contributed by atoms with Gasteiger partial charge in [0.25, 0.3) is 5.91 Å². The summed E-state index contributed by atoms with van der Waals surface area (Å²) in [6.45, 7) is 6.92. The highest BCUT2D eigenvalue weighted by Gasteiger charge is 2.28. The number of piperidine rings is 1. The molecule has 9 heteroatoms. The van der Waals surface area contributed by atoms with E-state index in [0.29, 0.717) is 36.8 Å². The van der Waals surface area contributed by atoms with E-state index in [1.807, 2.05) is 13.8 Å². The number of hydrogen-bond donors (Lipinski definition) is 3. The molecule has 3 rings (SSSR count). The molecule has 8 nitrogen and oxygen atoms in total. The summed E-state index contributed by atoms with van der Waals surface area (Å²) in [6.07, 6.45) is 6.43. The minimum absolute atomic E-state index is 0.00851. The number of nitrogens with zero attached hydrogens (tertiary/aromatic N) is 1. The average Bonchev–Trinajstić information content (AvgIpc) is 3.11. The number of primary amides is 1. The van der Waals surface area contributed by atoms with Crippen molar-refractivity contribution in [3.63, 3.8) is 0 Å². The number of anilines is 1. The lowest BCUT2D eigenvalue weighted by Crippen LogP contribution is -2.43. The van der Waals surface area contributed by atoms with Crippen LogP contribution < -0.4 is 16.4 Å². The second-order valence-electron chi connectivity index (χ2n) is 8.94. The SMILES string of the molecule is CC(C)OCCCNC(=O)C1CCN(CC(=O)Nc2sc3c(c2C(N)=O)CCCC3)CC1. The van der Waals surface area contributed by atoms with E-state index in [1.165, 1.54) is 16.2 Å². The lowest BCUT2D eigenvalue weighted by atomic mass is 9.95. The number of rotatable bonds is 10. The monoisotopic (exact) mass is 464 g/mol. The molecule has 178 valence electrons. The third-order valence-corrected chi connectivity index (χ3v) is 7.27. The first-order chi connectivity index (χ1) is 15.3. The van der Waals surface area contributed by atoms with Crippen molar-refractivity contribution < 1.29 is 19.1 Å². The van der Waals surface area contributed by atoms with Gasteiger partial charge in [0, 0.05) is 23.9 Å². The fraction of sp³-hybridized carbons (Fsp3) is 0.696. The van der Waals surface area contributed by atoms with Crippen molar-refractivity contribution in [2.75, 3.05) is 38.1 Å². The molecule has 3 amide bonds. The number of nitrogens with two attached hydrogens (primary N) is 1. The van der Waals surface area contributed by atoms with Gasteiger partial charge in [0.05, 0.1) is 18.2 Å². The summed E-state index contributed by atoms with van der Waals surface area (Å²) in [6, 6.07) is 0. The van der Waals surface area contributed by atoms with E-state index in [0.717, 1.165) is 50.5 Å². The molecule has 0 radical (unpaired) electrons. The van der Waals surface area contributed by atoms with Gasteiger partial charge in [-0.05, 0) is 77.4 Å². The lowest BCUT2D eigenvalue weighted by Gasteiger charge is -2.30. The molecule has 32 heavy (non-hydrogen) atoms. The van der Waals surface area contributed by atoms with Gasteiger partial charge in [-0.2, -0.15) is 0 Å². The number of thiophene rings is 1. The van der Waals surface area contributed by atoms with Crippen LogP contribution in [0.4, 0.5) is 5.00 Å². The zero-order valence-corrected chi connectivity index (χ0v) is 20.0. The third-order valence-electron chi connectivity index (χ3n) is 6.07. The van der Waals surface area contributed by atoms with Crippen LogP contribution in [0.3, 0.4) is 0 Å². The molecular weight excluding hydrogens is 428 g/mol. The van der Waals surface area contributed by atoms with Gasteiger partial charge in [-0.3, -0.25) is 19.3 Å². The molecule has 0 saturated carbocycles. The maximum absolute atomic E-state index is 12.6. The molecule has 1 aliphatic heterocycles. The maximum Gasteiger partial charge on any atom is 0.251 e. The molecule has 1 saturated heterocycles. The maximum atomic E-state index is 12.6. The highest BCUT2D eigenvalue weighted by atomic mass is 32.1. The minimum Gasteiger partial charge on any atom is -0.379 e. The molecule has 0 bridgehead atoms. The molecule has 1 aromatic rings. The molecule has 0 atom stereocenters. The first kappa shape index (κ1) is 24.7. The van der Waals surface area contributed by atoms with E-state index in [9.17, 15) is 14.4 Å².